The van der Waals surface area contributed by atoms with E-state index in [0.717, 1.165) is 5.69 Å². The second-order valence-corrected chi connectivity index (χ2v) is 10.9. The molecule has 1 aliphatic heterocycles. The monoisotopic (exact) mass is 522 g/mol. The van der Waals surface area contributed by atoms with E-state index in [4.69, 9.17) is 0 Å². The number of carbonyl (C=O) groups is 1. The summed E-state index contributed by atoms with van der Waals surface area (Å²) in [5, 5.41) is 15.9. The summed E-state index contributed by atoms with van der Waals surface area (Å²) in [5.74, 6) is -0.246. The Labute approximate surface area is 213 Å². The molecule has 0 aliphatic carbocycles. The summed E-state index contributed by atoms with van der Waals surface area (Å²) in [6.45, 7) is 0.633. The molecule has 2 aromatic heterocycles. The lowest BCUT2D eigenvalue weighted by Gasteiger charge is -2.38. The number of piperidine rings is 1. The zero-order valence-corrected chi connectivity index (χ0v) is 20.9. The summed E-state index contributed by atoms with van der Waals surface area (Å²) < 4.78 is 29.0. The number of aliphatic hydroxyl groups is 1. The van der Waals surface area contributed by atoms with Gasteiger partial charge in [0, 0.05) is 18.7 Å². The predicted molar refractivity (Wildman–Crippen MR) is 136 cm³/mol. The third-order valence-electron chi connectivity index (χ3n) is 6.68. The average molecular weight is 523 g/mol. The third-order valence-corrected chi connectivity index (χ3v) is 8.11. The highest BCUT2D eigenvalue weighted by Gasteiger charge is 2.35. The van der Waals surface area contributed by atoms with E-state index in [2.05, 4.69) is 14.8 Å². The Hall–Kier alpha value is -3.87. The van der Waals surface area contributed by atoms with Crippen molar-refractivity contribution in [1.29, 1.82) is 0 Å². The van der Waals surface area contributed by atoms with Gasteiger partial charge in [-0.3, -0.25) is 14.2 Å². The van der Waals surface area contributed by atoms with Crippen LogP contribution in [0.15, 0.2) is 76.8 Å². The van der Waals surface area contributed by atoms with Crippen molar-refractivity contribution < 1.29 is 18.3 Å². The molecule has 4 aromatic rings. The Bertz CT molecular complexity index is 1610. The molecule has 0 atom stereocenters. The van der Waals surface area contributed by atoms with Gasteiger partial charge < -0.3 is 10.0 Å². The fourth-order valence-electron chi connectivity index (χ4n) is 4.50. The van der Waals surface area contributed by atoms with E-state index in [1.165, 1.54) is 48.4 Å². The third kappa shape index (κ3) is 4.78. The Balaban J connectivity index is 1.28. The first-order chi connectivity index (χ1) is 17.7. The molecule has 0 bridgehead atoms. The highest BCUT2D eigenvalue weighted by molar-refractivity contribution is 7.89. The van der Waals surface area contributed by atoms with Crippen LogP contribution in [0.1, 0.15) is 23.2 Å². The van der Waals surface area contributed by atoms with E-state index in [-0.39, 0.29) is 35.7 Å². The lowest BCUT2D eigenvalue weighted by atomic mass is 9.91. The summed E-state index contributed by atoms with van der Waals surface area (Å²) in [7, 11) is -2.26. The number of hydrogen-bond acceptors (Lipinski definition) is 7. The van der Waals surface area contributed by atoms with Gasteiger partial charge in [-0.15, -0.1) is 0 Å². The molecular formula is C25H26N6O5S. The number of amides is 1. The molecular weight excluding hydrogens is 496 g/mol. The minimum atomic E-state index is -3.59. The van der Waals surface area contributed by atoms with E-state index in [0.29, 0.717) is 29.7 Å². The van der Waals surface area contributed by atoms with Crippen LogP contribution in [0.5, 0.6) is 0 Å². The molecule has 5 rings (SSSR count). The predicted octanol–water partition coefficient (Wildman–Crippen LogP) is 1.16. The number of nitrogens with one attached hydrogen (secondary N) is 1. The number of aromatic nitrogens is 4. The molecule has 0 saturated carbocycles. The molecule has 192 valence electrons. The van der Waals surface area contributed by atoms with Crippen LogP contribution in [0.25, 0.3) is 16.7 Å². The Morgan fingerprint density at radius 3 is 2.41 bits per heavy atom. The Morgan fingerprint density at radius 1 is 1.08 bits per heavy atom. The minimum Gasteiger partial charge on any atom is -0.388 e. The first-order valence-electron chi connectivity index (χ1n) is 11.7. The van der Waals surface area contributed by atoms with E-state index >= 15 is 0 Å². The lowest BCUT2D eigenvalue weighted by Crippen LogP contribution is -2.49. The van der Waals surface area contributed by atoms with Gasteiger partial charge in [0.25, 0.3) is 11.5 Å². The van der Waals surface area contributed by atoms with Gasteiger partial charge in [-0.25, -0.2) is 22.8 Å². The molecule has 0 unspecified atom stereocenters. The number of fused-ring (bicyclic) bond motifs is 1. The van der Waals surface area contributed by atoms with E-state index in [9.17, 15) is 23.1 Å². The second kappa shape index (κ2) is 9.54. The van der Waals surface area contributed by atoms with Crippen LogP contribution in [0, 0.1) is 0 Å². The van der Waals surface area contributed by atoms with Crippen molar-refractivity contribution in [1.82, 2.24) is 29.0 Å². The number of nitrogens with zero attached hydrogens (tertiary/aromatic N) is 5. The quantitative estimate of drug-likeness (QED) is 0.387. The molecule has 0 radical (unpaired) electrons. The van der Waals surface area contributed by atoms with Crippen LogP contribution in [-0.4, -0.2) is 69.4 Å². The van der Waals surface area contributed by atoms with Crippen molar-refractivity contribution in [3.05, 3.63) is 83.0 Å². The van der Waals surface area contributed by atoms with Crippen molar-refractivity contribution in [2.75, 3.05) is 20.1 Å². The standard InChI is InChI=1S/C25H26N6O5S/c1-26-37(35,36)20-9-7-18(8-10-20)23(32)29-13-11-25(34,12-14-29)16-30-17-27-22-21(24(30)33)15-28-31(22)19-5-3-2-4-6-19/h2-10,15,17,26,34H,11-14,16H2,1H3. The van der Waals surface area contributed by atoms with Crippen LogP contribution in [0.2, 0.25) is 0 Å². The molecule has 0 spiro atoms. The normalized spacial score (nSPS) is 15.7. The van der Waals surface area contributed by atoms with Gasteiger partial charge in [-0.1, -0.05) is 18.2 Å². The van der Waals surface area contributed by atoms with Crippen LogP contribution < -0.4 is 10.3 Å². The van der Waals surface area contributed by atoms with Crippen molar-refractivity contribution in [3.63, 3.8) is 0 Å². The molecule has 2 aromatic carbocycles. The summed E-state index contributed by atoms with van der Waals surface area (Å²) in [6.07, 6.45) is 3.45. The van der Waals surface area contributed by atoms with E-state index in [1.54, 1.807) is 9.58 Å². The summed E-state index contributed by atoms with van der Waals surface area (Å²) in [6, 6.07) is 15.1. The zero-order chi connectivity index (χ0) is 26.2. The van der Waals surface area contributed by atoms with Crippen LogP contribution in [0.3, 0.4) is 0 Å². The average Bonchev–Trinajstić information content (AvgIpc) is 3.36. The van der Waals surface area contributed by atoms with Gasteiger partial charge >= 0.3 is 0 Å². The molecule has 1 saturated heterocycles. The van der Waals surface area contributed by atoms with Crippen LogP contribution in [-0.2, 0) is 16.6 Å². The maximum Gasteiger partial charge on any atom is 0.264 e. The van der Waals surface area contributed by atoms with Gasteiger partial charge in [-0.2, -0.15) is 5.10 Å². The second-order valence-electron chi connectivity index (χ2n) is 9.06. The van der Waals surface area contributed by atoms with Crippen molar-refractivity contribution in [2.45, 2.75) is 29.9 Å². The van der Waals surface area contributed by atoms with Gasteiger partial charge in [0.1, 0.15) is 11.7 Å². The van der Waals surface area contributed by atoms with E-state index < -0.39 is 15.6 Å². The largest absolute Gasteiger partial charge is 0.388 e. The molecule has 2 N–H and O–H groups in total. The topological polar surface area (TPSA) is 139 Å². The summed E-state index contributed by atoms with van der Waals surface area (Å²) >= 11 is 0. The van der Waals surface area contributed by atoms with Gasteiger partial charge in [-0.05, 0) is 56.3 Å². The number of likely N-dealkylation sites (tertiary alicyclic amines) is 1. The number of hydrogen-bond donors (Lipinski definition) is 2. The smallest absolute Gasteiger partial charge is 0.264 e. The van der Waals surface area contributed by atoms with Crippen LogP contribution in [0.4, 0.5) is 0 Å². The maximum absolute atomic E-state index is 13.1. The van der Waals surface area contributed by atoms with Crippen LogP contribution >= 0.6 is 0 Å². The highest BCUT2D eigenvalue weighted by atomic mass is 32.2. The SMILES string of the molecule is CNS(=O)(=O)c1ccc(C(=O)N2CCC(O)(Cn3cnc4c(cnn4-c4ccccc4)c3=O)CC2)cc1. The van der Waals surface area contributed by atoms with Crippen molar-refractivity contribution in [3.8, 4) is 5.69 Å². The molecule has 1 fully saturated rings. The molecule has 1 amide bonds. The number of sulfonamides is 1. The van der Waals surface area contributed by atoms with Gasteiger partial charge in [0.15, 0.2) is 5.65 Å². The number of benzene rings is 2. The van der Waals surface area contributed by atoms with Gasteiger partial charge in [0.2, 0.25) is 10.0 Å². The van der Waals surface area contributed by atoms with Crippen molar-refractivity contribution >= 4 is 27.0 Å². The fraction of sp³-hybridized carbons (Fsp3) is 0.280. The number of rotatable bonds is 6. The molecule has 3 heterocycles. The number of para-hydroxylation sites is 1. The summed E-state index contributed by atoms with van der Waals surface area (Å²) in [5.41, 5.74) is 0.109. The Kier molecular flexibility index (Phi) is 6.40. The van der Waals surface area contributed by atoms with E-state index in [1.807, 2.05) is 30.3 Å². The molecule has 11 nitrogen and oxygen atoms in total. The number of carbonyl (C=O) groups excluding carboxylic acids is 1. The molecule has 37 heavy (non-hydrogen) atoms. The zero-order valence-electron chi connectivity index (χ0n) is 20.1. The first kappa shape index (κ1) is 24.8. The van der Waals surface area contributed by atoms with Gasteiger partial charge in [0.05, 0.1) is 28.9 Å². The maximum atomic E-state index is 13.1. The van der Waals surface area contributed by atoms with Crippen molar-refractivity contribution in [2.24, 2.45) is 0 Å². The lowest BCUT2D eigenvalue weighted by molar-refractivity contribution is -0.0299. The highest BCUT2D eigenvalue weighted by Crippen LogP contribution is 2.25. The summed E-state index contributed by atoms with van der Waals surface area (Å²) in [4.78, 5) is 32.2. The fourth-order valence-corrected chi connectivity index (χ4v) is 5.23. The Morgan fingerprint density at radius 2 is 1.76 bits per heavy atom. The minimum absolute atomic E-state index is 0.0455. The first-order valence-corrected chi connectivity index (χ1v) is 13.2. The molecule has 12 heteroatoms. The molecule has 1 aliphatic rings.